The minimum absolute atomic E-state index is 0.193. The number of hydrogen-bond donors (Lipinski definition) is 2. The van der Waals surface area contributed by atoms with Gasteiger partial charge in [-0.15, -0.1) is 0 Å². The maximum atomic E-state index is 11.4. The van der Waals surface area contributed by atoms with Gasteiger partial charge in [0.1, 0.15) is 17.8 Å². The second kappa shape index (κ2) is 8.00. The number of likely N-dealkylation sites (tertiary alicyclic amines) is 1. The summed E-state index contributed by atoms with van der Waals surface area (Å²) in [6, 6.07) is 8.22. The molecular weight excluding hydrogens is 366 g/mol. The van der Waals surface area contributed by atoms with Gasteiger partial charge in [-0.25, -0.2) is 14.6 Å². The summed E-state index contributed by atoms with van der Waals surface area (Å²) in [5, 5.41) is 8.49. The number of hydrogen-bond acceptors (Lipinski definition) is 6. The Kier molecular flexibility index (Phi) is 5.26. The van der Waals surface area contributed by atoms with Crippen molar-refractivity contribution in [3.8, 4) is 11.3 Å². The number of nitrogens with zero attached hydrogens (tertiary/aromatic N) is 5. The van der Waals surface area contributed by atoms with E-state index in [0.29, 0.717) is 18.4 Å². The number of amides is 1. The van der Waals surface area contributed by atoms with Crippen LogP contribution in [0, 0.1) is 0 Å². The lowest BCUT2D eigenvalue weighted by molar-refractivity contribution is -0.116. The molecule has 4 rings (SSSR count). The first-order valence-corrected chi connectivity index (χ1v) is 9.73. The molecule has 1 aliphatic heterocycles. The average Bonchev–Trinajstić information content (AvgIpc) is 3.14. The lowest BCUT2D eigenvalue weighted by Gasteiger charge is -2.29. The van der Waals surface area contributed by atoms with E-state index >= 15 is 0 Å². The molecule has 3 heterocycles. The lowest BCUT2D eigenvalue weighted by atomic mass is 10.1. The van der Waals surface area contributed by atoms with Gasteiger partial charge in [-0.1, -0.05) is 30.8 Å². The van der Waals surface area contributed by atoms with E-state index in [0.717, 1.165) is 53.8 Å². The molecule has 150 valence electrons. The molecule has 29 heavy (non-hydrogen) atoms. The van der Waals surface area contributed by atoms with Gasteiger partial charge in [0.25, 0.3) is 0 Å². The summed E-state index contributed by atoms with van der Waals surface area (Å²) in [7, 11) is 2.14. The van der Waals surface area contributed by atoms with Crippen molar-refractivity contribution in [3.05, 3.63) is 48.8 Å². The number of piperidine rings is 1. The van der Waals surface area contributed by atoms with Gasteiger partial charge in [-0.3, -0.25) is 4.79 Å². The molecule has 0 saturated carbocycles. The third-order valence-corrected chi connectivity index (χ3v) is 5.43. The number of carbonyl (C=O) groups is 1. The van der Waals surface area contributed by atoms with Crippen molar-refractivity contribution >= 4 is 22.8 Å². The number of nitrogens with one attached hydrogen (secondary N) is 1. The van der Waals surface area contributed by atoms with Crippen LogP contribution in [0.4, 0.5) is 5.82 Å². The summed E-state index contributed by atoms with van der Waals surface area (Å²) in [5.74, 6) is 0.244. The smallest absolute Gasteiger partial charge is 0.243 e. The monoisotopic (exact) mass is 391 g/mol. The van der Waals surface area contributed by atoms with Crippen molar-refractivity contribution < 1.29 is 4.79 Å². The number of benzene rings is 1. The van der Waals surface area contributed by atoms with E-state index in [2.05, 4.69) is 33.8 Å². The molecule has 0 unspecified atom stereocenters. The normalized spacial score (nSPS) is 15.5. The Hall–Kier alpha value is -3.26. The number of fused-ring (bicyclic) bond motifs is 1. The molecule has 0 atom stereocenters. The molecule has 1 amide bonds. The fourth-order valence-corrected chi connectivity index (χ4v) is 3.73. The maximum Gasteiger partial charge on any atom is 0.243 e. The summed E-state index contributed by atoms with van der Waals surface area (Å²) < 4.78 is 2.02. The summed E-state index contributed by atoms with van der Waals surface area (Å²) in [6.07, 6.45) is 4.82. The fourth-order valence-electron chi connectivity index (χ4n) is 3.73. The van der Waals surface area contributed by atoms with Crippen LogP contribution in [0.25, 0.3) is 22.3 Å². The van der Waals surface area contributed by atoms with Crippen molar-refractivity contribution in [3.63, 3.8) is 0 Å². The Balaban J connectivity index is 1.68. The van der Waals surface area contributed by atoms with E-state index in [-0.39, 0.29) is 5.91 Å². The third-order valence-electron chi connectivity index (χ3n) is 5.43. The van der Waals surface area contributed by atoms with Crippen molar-refractivity contribution in [2.45, 2.75) is 25.4 Å². The first-order valence-electron chi connectivity index (χ1n) is 9.73. The average molecular weight is 391 g/mol. The minimum atomic E-state index is -0.193. The zero-order chi connectivity index (χ0) is 20.4. The molecule has 0 aliphatic carbocycles. The fraction of sp³-hybridized carbons (Fsp3) is 0.333. The highest BCUT2D eigenvalue weighted by molar-refractivity contribution is 5.98. The topological polar surface area (TPSA) is 102 Å². The molecule has 2 aromatic heterocycles. The molecule has 1 fully saturated rings. The maximum absolute atomic E-state index is 11.4. The predicted octanol–water partition coefficient (Wildman–Crippen LogP) is 2.14. The SMILES string of the molecule is C=CC(=O)NCc1ccc(-c2nn(C3CCN(C)CC3)c3ncnc(N)c23)cc1. The summed E-state index contributed by atoms with van der Waals surface area (Å²) >= 11 is 0. The molecular formula is C21H25N7O. The Bertz CT molecular complexity index is 1030. The quantitative estimate of drug-likeness (QED) is 0.646. The predicted molar refractivity (Wildman–Crippen MR) is 113 cm³/mol. The van der Waals surface area contributed by atoms with E-state index in [1.807, 2.05) is 28.9 Å². The number of rotatable bonds is 5. The highest BCUT2D eigenvalue weighted by Gasteiger charge is 2.24. The number of aromatic nitrogens is 4. The van der Waals surface area contributed by atoms with Crippen LogP contribution in [-0.2, 0) is 11.3 Å². The molecule has 3 N–H and O–H groups in total. The van der Waals surface area contributed by atoms with E-state index in [9.17, 15) is 4.79 Å². The van der Waals surface area contributed by atoms with Crippen LogP contribution in [-0.4, -0.2) is 50.7 Å². The molecule has 1 saturated heterocycles. The van der Waals surface area contributed by atoms with Crippen molar-refractivity contribution in [1.82, 2.24) is 30.0 Å². The van der Waals surface area contributed by atoms with E-state index < -0.39 is 0 Å². The first-order chi connectivity index (χ1) is 14.1. The number of nitrogen functional groups attached to an aromatic ring is 1. The largest absolute Gasteiger partial charge is 0.383 e. The molecule has 8 nitrogen and oxygen atoms in total. The van der Waals surface area contributed by atoms with Crippen LogP contribution in [0.15, 0.2) is 43.2 Å². The minimum Gasteiger partial charge on any atom is -0.383 e. The van der Waals surface area contributed by atoms with Gasteiger partial charge in [0.05, 0.1) is 11.4 Å². The molecule has 8 heteroatoms. The van der Waals surface area contributed by atoms with Gasteiger partial charge in [0.2, 0.25) is 5.91 Å². The lowest BCUT2D eigenvalue weighted by Crippen LogP contribution is -2.31. The number of anilines is 1. The highest BCUT2D eigenvalue weighted by atomic mass is 16.1. The van der Waals surface area contributed by atoms with E-state index in [1.54, 1.807) is 0 Å². The van der Waals surface area contributed by atoms with Crippen LogP contribution in [0.5, 0.6) is 0 Å². The molecule has 1 aliphatic rings. The molecule has 1 aromatic carbocycles. The molecule has 0 spiro atoms. The number of carbonyl (C=O) groups excluding carboxylic acids is 1. The Labute approximate surface area is 169 Å². The van der Waals surface area contributed by atoms with Crippen LogP contribution < -0.4 is 11.1 Å². The van der Waals surface area contributed by atoms with Gasteiger partial charge >= 0.3 is 0 Å². The third kappa shape index (κ3) is 3.84. The standard InChI is InChI=1S/C21H25N7O/c1-3-17(29)23-12-14-4-6-15(7-5-14)19-18-20(22)24-13-25-21(18)28(26-19)16-8-10-27(2)11-9-16/h3-7,13,16H,1,8-12H2,2H3,(H,23,29)(H2,22,24,25). The number of nitrogens with two attached hydrogens (primary N) is 1. The van der Waals surface area contributed by atoms with Crippen LogP contribution >= 0.6 is 0 Å². The van der Waals surface area contributed by atoms with Crippen molar-refractivity contribution in [2.75, 3.05) is 25.9 Å². The molecule has 3 aromatic rings. The summed E-state index contributed by atoms with van der Waals surface area (Å²) in [4.78, 5) is 22.4. The highest BCUT2D eigenvalue weighted by Crippen LogP contribution is 2.34. The van der Waals surface area contributed by atoms with E-state index in [4.69, 9.17) is 10.8 Å². The Morgan fingerprint density at radius 1 is 1.28 bits per heavy atom. The molecule has 0 bridgehead atoms. The summed E-state index contributed by atoms with van der Waals surface area (Å²) in [6.45, 7) is 5.97. The van der Waals surface area contributed by atoms with Crippen molar-refractivity contribution in [2.24, 2.45) is 0 Å². The van der Waals surface area contributed by atoms with Gasteiger partial charge < -0.3 is 16.0 Å². The molecule has 0 radical (unpaired) electrons. The van der Waals surface area contributed by atoms with E-state index in [1.165, 1.54) is 12.4 Å². The second-order valence-corrected chi connectivity index (χ2v) is 7.40. The van der Waals surface area contributed by atoms with Gasteiger partial charge in [-0.05, 0) is 44.6 Å². The van der Waals surface area contributed by atoms with Gasteiger partial charge in [-0.2, -0.15) is 5.10 Å². The van der Waals surface area contributed by atoms with Crippen LogP contribution in [0.1, 0.15) is 24.4 Å². The van der Waals surface area contributed by atoms with Gasteiger partial charge in [0, 0.05) is 12.1 Å². The summed E-state index contributed by atoms with van der Waals surface area (Å²) in [5.41, 5.74) is 9.73. The second-order valence-electron chi connectivity index (χ2n) is 7.40. The first kappa shape index (κ1) is 19.1. The zero-order valence-corrected chi connectivity index (χ0v) is 16.5. The Morgan fingerprint density at radius 2 is 2.00 bits per heavy atom. The van der Waals surface area contributed by atoms with Crippen molar-refractivity contribution in [1.29, 1.82) is 0 Å². The Morgan fingerprint density at radius 3 is 2.69 bits per heavy atom. The van der Waals surface area contributed by atoms with Gasteiger partial charge in [0.15, 0.2) is 5.65 Å². The van der Waals surface area contributed by atoms with Crippen LogP contribution in [0.2, 0.25) is 0 Å². The van der Waals surface area contributed by atoms with Crippen LogP contribution in [0.3, 0.4) is 0 Å². The zero-order valence-electron chi connectivity index (χ0n) is 16.5.